The van der Waals surface area contributed by atoms with Gasteiger partial charge in [-0.3, -0.25) is 4.79 Å². The van der Waals surface area contributed by atoms with Crippen molar-refractivity contribution in [2.75, 3.05) is 20.1 Å². The molecular formula is C12H23F3N2O. The van der Waals surface area contributed by atoms with E-state index >= 15 is 0 Å². The fraction of sp³-hybridized carbons (Fsp3) is 0.917. The average Bonchev–Trinajstić information content (AvgIpc) is 2.23. The second-order valence-electron chi connectivity index (χ2n) is 4.64. The molecular weight excluding hydrogens is 245 g/mol. The molecule has 0 radical (unpaired) electrons. The summed E-state index contributed by atoms with van der Waals surface area (Å²) in [7, 11) is 1.19. The monoisotopic (exact) mass is 268 g/mol. The number of nitrogens with two attached hydrogens (primary N) is 1. The first kappa shape index (κ1) is 17.2. The SMILES string of the molecule is CCCC(CCN)CCC(=O)N(C)CC(F)(F)F. The van der Waals surface area contributed by atoms with Crippen LogP contribution >= 0.6 is 0 Å². The largest absolute Gasteiger partial charge is 0.406 e. The van der Waals surface area contributed by atoms with Crippen LogP contribution in [0.15, 0.2) is 0 Å². The van der Waals surface area contributed by atoms with Crippen LogP contribution in [0.5, 0.6) is 0 Å². The summed E-state index contributed by atoms with van der Waals surface area (Å²) in [5, 5.41) is 0. The molecule has 3 nitrogen and oxygen atoms in total. The molecule has 0 fully saturated rings. The quantitative estimate of drug-likeness (QED) is 0.735. The molecule has 2 N–H and O–H groups in total. The molecule has 0 aliphatic rings. The number of amides is 1. The van der Waals surface area contributed by atoms with E-state index in [0.717, 1.165) is 24.2 Å². The maximum atomic E-state index is 12.1. The number of hydrogen-bond donors (Lipinski definition) is 1. The lowest BCUT2D eigenvalue weighted by atomic mass is 9.94. The molecule has 0 aliphatic carbocycles. The highest BCUT2D eigenvalue weighted by Gasteiger charge is 2.31. The molecule has 18 heavy (non-hydrogen) atoms. The number of hydrogen-bond acceptors (Lipinski definition) is 2. The first-order valence-corrected chi connectivity index (χ1v) is 6.31. The van der Waals surface area contributed by atoms with E-state index in [1.807, 2.05) is 6.92 Å². The second kappa shape index (κ2) is 8.34. The first-order valence-electron chi connectivity index (χ1n) is 6.31. The van der Waals surface area contributed by atoms with Gasteiger partial charge in [0.1, 0.15) is 6.54 Å². The van der Waals surface area contributed by atoms with Gasteiger partial charge in [-0.1, -0.05) is 19.8 Å². The summed E-state index contributed by atoms with van der Waals surface area (Å²) in [6.07, 6.45) is -0.761. The summed E-state index contributed by atoms with van der Waals surface area (Å²) < 4.78 is 36.3. The third-order valence-electron chi connectivity index (χ3n) is 2.88. The molecule has 0 rings (SSSR count). The van der Waals surface area contributed by atoms with Gasteiger partial charge in [-0.25, -0.2) is 0 Å². The van der Waals surface area contributed by atoms with Gasteiger partial charge >= 0.3 is 6.18 Å². The van der Waals surface area contributed by atoms with E-state index in [4.69, 9.17) is 5.73 Å². The van der Waals surface area contributed by atoms with E-state index in [0.29, 0.717) is 18.9 Å². The van der Waals surface area contributed by atoms with E-state index in [1.165, 1.54) is 7.05 Å². The number of halogens is 3. The Labute approximate surface area is 107 Å². The van der Waals surface area contributed by atoms with Gasteiger partial charge in [0.25, 0.3) is 0 Å². The predicted octanol–water partition coefficient (Wildman–Crippen LogP) is 2.55. The van der Waals surface area contributed by atoms with Crippen LogP contribution < -0.4 is 5.73 Å². The number of alkyl halides is 3. The van der Waals surface area contributed by atoms with Crippen molar-refractivity contribution in [2.45, 2.75) is 45.2 Å². The molecule has 0 saturated carbocycles. The van der Waals surface area contributed by atoms with Crippen molar-refractivity contribution in [2.24, 2.45) is 11.7 Å². The number of rotatable bonds is 8. The molecule has 0 spiro atoms. The summed E-state index contributed by atoms with van der Waals surface area (Å²) in [5.74, 6) is -0.117. The maximum Gasteiger partial charge on any atom is 0.406 e. The van der Waals surface area contributed by atoms with Crippen molar-refractivity contribution >= 4 is 5.91 Å². The van der Waals surface area contributed by atoms with Gasteiger partial charge in [0, 0.05) is 13.5 Å². The molecule has 1 amide bonds. The third-order valence-corrected chi connectivity index (χ3v) is 2.88. The minimum Gasteiger partial charge on any atom is -0.337 e. The van der Waals surface area contributed by atoms with Gasteiger partial charge in [-0.05, 0) is 25.3 Å². The normalized spacial score (nSPS) is 13.4. The highest BCUT2D eigenvalue weighted by molar-refractivity contribution is 5.75. The number of carbonyl (C=O) groups is 1. The van der Waals surface area contributed by atoms with E-state index < -0.39 is 18.6 Å². The Kier molecular flexibility index (Phi) is 7.98. The summed E-state index contributed by atoms with van der Waals surface area (Å²) in [4.78, 5) is 12.3. The van der Waals surface area contributed by atoms with Crippen molar-refractivity contribution in [1.29, 1.82) is 0 Å². The van der Waals surface area contributed by atoms with Crippen molar-refractivity contribution in [3.63, 3.8) is 0 Å². The van der Waals surface area contributed by atoms with Gasteiger partial charge in [-0.2, -0.15) is 13.2 Å². The lowest BCUT2D eigenvalue weighted by Crippen LogP contribution is -2.35. The Morgan fingerprint density at radius 3 is 2.33 bits per heavy atom. The topological polar surface area (TPSA) is 46.3 Å². The zero-order valence-corrected chi connectivity index (χ0v) is 11.1. The molecule has 0 bridgehead atoms. The minimum atomic E-state index is -4.33. The zero-order chi connectivity index (χ0) is 14.2. The Bertz CT molecular complexity index is 238. The maximum absolute atomic E-state index is 12.1. The highest BCUT2D eigenvalue weighted by Crippen LogP contribution is 2.19. The predicted molar refractivity (Wildman–Crippen MR) is 65.0 cm³/mol. The lowest BCUT2D eigenvalue weighted by Gasteiger charge is -2.20. The van der Waals surface area contributed by atoms with E-state index in [2.05, 4.69) is 0 Å². The van der Waals surface area contributed by atoms with E-state index in [9.17, 15) is 18.0 Å². The number of carbonyl (C=O) groups excluding carboxylic acids is 1. The van der Waals surface area contributed by atoms with Gasteiger partial charge in [0.2, 0.25) is 5.91 Å². The van der Waals surface area contributed by atoms with Crippen molar-refractivity contribution in [3.8, 4) is 0 Å². The smallest absolute Gasteiger partial charge is 0.337 e. The standard InChI is InChI=1S/C12H23F3N2O/c1-3-4-10(7-8-16)5-6-11(18)17(2)9-12(13,14)15/h10H,3-9,16H2,1-2H3. The number of nitrogens with zero attached hydrogens (tertiary/aromatic N) is 1. The Morgan fingerprint density at radius 2 is 1.89 bits per heavy atom. The van der Waals surface area contributed by atoms with Crippen LogP contribution in [0.3, 0.4) is 0 Å². The average molecular weight is 268 g/mol. The van der Waals surface area contributed by atoms with Crippen LogP contribution in [0, 0.1) is 5.92 Å². The van der Waals surface area contributed by atoms with Crippen LogP contribution in [0.2, 0.25) is 0 Å². The van der Waals surface area contributed by atoms with Gasteiger partial charge in [-0.15, -0.1) is 0 Å². The van der Waals surface area contributed by atoms with Crippen molar-refractivity contribution in [3.05, 3.63) is 0 Å². The molecule has 108 valence electrons. The molecule has 0 aliphatic heterocycles. The molecule has 1 unspecified atom stereocenters. The van der Waals surface area contributed by atoms with Crippen molar-refractivity contribution < 1.29 is 18.0 Å². The van der Waals surface area contributed by atoms with E-state index in [-0.39, 0.29) is 6.42 Å². The molecule has 0 aromatic heterocycles. The molecule has 0 heterocycles. The van der Waals surface area contributed by atoms with Crippen molar-refractivity contribution in [1.82, 2.24) is 4.90 Å². The Balaban J connectivity index is 4.06. The van der Waals surface area contributed by atoms with Gasteiger partial charge in [0.05, 0.1) is 0 Å². The van der Waals surface area contributed by atoms with Crippen LogP contribution in [-0.2, 0) is 4.79 Å². The molecule has 6 heteroatoms. The zero-order valence-electron chi connectivity index (χ0n) is 11.1. The Hall–Kier alpha value is -0.780. The molecule has 0 saturated heterocycles. The van der Waals surface area contributed by atoms with Crippen LogP contribution in [0.25, 0.3) is 0 Å². The summed E-state index contributed by atoms with van der Waals surface area (Å²) >= 11 is 0. The molecule has 0 aromatic rings. The summed E-state index contributed by atoms with van der Waals surface area (Å²) in [6.45, 7) is 1.42. The van der Waals surface area contributed by atoms with Crippen LogP contribution in [0.4, 0.5) is 13.2 Å². The lowest BCUT2D eigenvalue weighted by molar-refractivity contribution is -0.158. The third kappa shape index (κ3) is 8.33. The Morgan fingerprint density at radius 1 is 1.28 bits per heavy atom. The molecule has 0 aromatic carbocycles. The van der Waals surface area contributed by atoms with Crippen LogP contribution in [-0.4, -0.2) is 37.1 Å². The van der Waals surface area contributed by atoms with Gasteiger partial charge in [0.15, 0.2) is 0 Å². The fourth-order valence-electron chi connectivity index (χ4n) is 1.95. The van der Waals surface area contributed by atoms with Crippen LogP contribution in [0.1, 0.15) is 39.0 Å². The molecule has 1 atom stereocenters. The van der Waals surface area contributed by atoms with Gasteiger partial charge < -0.3 is 10.6 Å². The minimum absolute atomic E-state index is 0.164. The first-order chi connectivity index (χ1) is 8.30. The second-order valence-corrected chi connectivity index (χ2v) is 4.64. The fourth-order valence-corrected chi connectivity index (χ4v) is 1.95. The highest BCUT2D eigenvalue weighted by atomic mass is 19.4. The summed E-state index contributed by atoms with van der Waals surface area (Å²) in [6, 6.07) is 0. The van der Waals surface area contributed by atoms with E-state index in [1.54, 1.807) is 0 Å². The summed E-state index contributed by atoms with van der Waals surface area (Å²) in [5.41, 5.74) is 5.47.